The molecule has 0 radical (unpaired) electrons. The molecule has 0 saturated carbocycles. The Morgan fingerprint density at radius 2 is 2.10 bits per heavy atom. The molecule has 3 aromatic rings. The maximum Gasteiger partial charge on any atom is 0.251 e. The van der Waals surface area contributed by atoms with Gasteiger partial charge in [-0.2, -0.15) is 0 Å². The predicted molar refractivity (Wildman–Crippen MR) is 70.6 cm³/mol. The van der Waals surface area contributed by atoms with E-state index in [9.17, 15) is 9.18 Å². The van der Waals surface area contributed by atoms with Crippen molar-refractivity contribution in [3.8, 4) is 0 Å². The third-order valence-corrected chi connectivity index (χ3v) is 2.88. The van der Waals surface area contributed by atoms with Crippen LogP contribution in [-0.2, 0) is 6.54 Å². The van der Waals surface area contributed by atoms with Gasteiger partial charge >= 0.3 is 0 Å². The number of aromatic nitrogens is 3. The zero-order chi connectivity index (χ0) is 13.9. The van der Waals surface area contributed by atoms with Crippen LogP contribution in [0.2, 0.25) is 0 Å². The highest BCUT2D eigenvalue weighted by molar-refractivity contribution is 5.94. The van der Waals surface area contributed by atoms with Crippen LogP contribution in [0, 0.1) is 5.82 Å². The van der Waals surface area contributed by atoms with Crippen LogP contribution in [0.25, 0.3) is 5.65 Å². The zero-order valence-corrected chi connectivity index (χ0v) is 10.5. The first-order valence-corrected chi connectivity index (χ1v) is 6.06. The van der Waals surface area contributed by atoms with Crippen molar-refractivity contribution in [2.75, 3.05) is 0 Å². The summed E-state index contributed by atoms with van der Waals surface area (Å²) >= 11 is 0. The fraction of sp³-hybridized carbons (Fsp3) is 0.0714. The van der Waals surface area contributed by atoms with Crippen molar-refractivity contribution >= 4 is 11.6 Å². The molecule has 5 nitrogen and oxygen atoms in total. The topological polar surface area (TPSA) is 59.3 Å². The molecule has 20 heavy (non-hydrogen) atoms. The van der Waals surface area contributed by atoms with Gasteiger partial charge in [-0.1, -0.05) is 12.1 Å². The van der Waals surface area contributed by atoms with E-state index in [0.717, 1.165) is 0 Å². The summed E-state index contributed by atoms with van der Waals surface area (Å²) in [6.07, 6.45) is 1.82. The first kappa shape index (κ1) is 12.3. The van der Waals surface area contributed by atoms with Gasteiger partial charge < -0.3 is 5.32 Å². The van der Waals surface area contributed by atoms with E-state index >= 15 is 0 Å². The van der Waals surface area contributed by atoms with Crippen molar-refractivity contribution in [2.45, 2.75) is 6.54 Å². The quantitative estimate of drug-likeness (QED) is 0.789. The van der Waals surface area contributed by atoms with E-state index in [1.54, 1.807) is 10.5 Å². The highest BCUT2D eigenvalue weighted by Gasteiger charge is 2.09. The summed E-state index contributed by atoms with van der Waals surface area (Å²) < 4.78 is 14.8. The van der Waals surface area contributed by atoms with Crippen molar-refractivity contribution in [3.05, 3.63) is 65.9 Å². The third-order valence-electron chi connectivity index (χ3n) is 2.88. The Kier molecular flexibility index (Phi) is 3.12. The molecule has 0 atom stereocenters. The maximum absolute atomic E-state index is 13.0. The number of fused-ring (bicyclic) bond motifs is 1. The number of halogens is 1. The van der Waals surface area contributed by atoms with Crippen LogP contribution in [0.1, 0.15) is 16.2 Å². The minimum absolute atomic E-state index is 0.223. The molecule has 0 fully saturated rings. The predicted octanol–water partition coefficient (Wildman–Crippen LogP) is 1.80. The van der Waals surface area contributed by atoms with Gasteiger partial charge in [0.25, 0.3) is 5.91 Å². The van der Waals surface area contributed by atoms with E-state index in [0.29, 0.717) is 11.5 Å². The average molecular weight is 270 g/mol. The van der Waals surface area contributed by atoms with Gasteiger partial charge in [-0.05, 0) is 30.3 Å². The molecule has 2 heterocycles. The van der Waals surface area contributed by atoms with Gasteiger partial charge in [0.15, 0.2) is 11.5 Å². The summed E-state index contributed by atoms with van der Waals surface area (Å²) in [6, 6.07) is 11.1. The van der Waals surface area contributed by atoms with Crippen LogP contribution in [0.3, 0.4) is 0 Å². The molecular weight excluding hydrogens is 259 g/mol. The monoisotopic (exact) mass is 270 g/mol. The number of pyridine rings is 1. The van der Waals surface area contributed by atoms with Crippen molar-refractivity contribution in [1.82, 2.24) is 19.9 Å². The number of amides is 1. The van der Waals surface area contributed by atoms with Crippen LogP contribution in [0.5, 0.6) is 0 Å². The number of nitrogens with zero attached hydrogens (tertiary/aromatic N) is 3. The van der Waals surface area contributed by atoms with Crippen LogP contribution in [0.4, 0.5) is 4.39 Å². The third kappa shape index (κ3) is 2.35. The standard InChI is InChI=1S/C14H11FN4O/c15-11-5-3-4-10(8-11)14(20)16-9-13-18-17-12-6-1-2-7-19(12)13/h1-8H,9H2,(H,16,20). The lowest BCUT2D eigenvalue weighted by molar-refractivity contribution is 0.0949. The summed E-state index contributed by atoms with van der Waals surface area (Å²) in [6.45, 7) is 0.223. The second kappa shape index (κ2) is 5.08. The van der Waals surface area contributed by atoms with E-state index < -0.39 is 5.82 Å². The molecule has 0 aliphatic rings. The molecule has 2 aromatic heterocycles. The fourth-order valence-electron chi connectivity index (χ4n) is 1.90. The van der Waals surface area contributed by atoms with E-state index in [1.807, 2.05) is 24.4 Å². The number of carbonyl (C=O) groups is 1. The number of nitrogens with one attached hydrogen (secondary N) is 1. The van der Waals surface area contributed by atoms with E-state index in [4.69, 9.17) is 0 Å². The zero-order valence-electron chi connectivity index (χ0n) is 10.5. The van der Waals surface area contributed by atoms with Gasteiger partial charge in [0, 0.05) is 11.8 Å². The van der Waals surface area contributed by atoms with Gasteiger partial charge in [-0.3, -0.25) is 9.20 Å². The molecule has 0 aliphatic heterocycles. The Morgan fingerprint density at radius 1 is 1.20 bits per heavy atom. The van der Waals surface area contributed by atoms with Gasteiger partial charge in [-0.25, -0.2) is 4.39 Å². The van der Waals surface area contributed by atoms with Crippen molar-refractivity contribution in [3.63, 3.8) is 0 Å². The molecule has 6 heteroatoms. The summed E-state index contributed by atoms with van der Waals surface area (Å²) in [5.41, 5.74) is 0.987. The minimum Gasteiger partial charge on any atom is -0.345 e. The maximum atomic E-state index is 13.0. The summed E-state index contributed by atoms with van der Waals surface area (Å²) in [5, 5.41) is 10.7. The largest absolute Gasteiger partial charge is 0.345 e. The molecule has 100 valence electrons. The van der Waals surface area contributed by atoms with Crippen LogP contribution >= 0.6 is 0 Å². The Bertz CT molecular complexity index is 768. The number of rotatable bonds is 3. The van der Waals surface area contributed by atoms with Crippen LogP contribution in [-0.4, -0.2) is 20.5 Å². The van der Waals surface area contributed by atoms with Crippen molar-refractivity contribution < 1.29 is 9.18 Å². The first-order valence-electron chi connectivity index (χ1n) is 6.06. The second-order valence-electron chi connectivity index (χ2n) is 4.24. The Hall–Kier alpha value is -2.76. The Balaban J connectivity index is 1.75. The molecule has 3 rings (SSSR count). The Labute approximate surface area is 114 Å². The lowest BCUT2D eigenvalue weighted by Crippen LogP contribution is -2.24. The SMILES string of the molecule is O=C(NCc1nnc2ccccn12)c1cccc(F)c1. The van der Waals surface area contributed by atoms with E-state index in [2.05, 4.69) is 15.5 Å². The molecule has 0 saturated heterocycles. The van der Waals surface area contributed by atoms with Crippen LogP contribution in [0.15, 0.2) is 48.7 Å². The normalized spacial score (nSPS) is 10.7. The lowest BCUT2D eigenvalue weighted by atomic mass is 10.2. The number of benzene rings is 1. The Morgan fingerprint density at radius 3 is 2.95 bits per heavy atom. The number of hydrogen-bond acceptors (Lipinski definition) is 3. The van der Waals surface area contributed by atoms with Gasteiger partial charge in [-0.15, -0.1) is 10.2 Å². The highest BCUT2D eigenvalue weighted by Crippen LogP contribution is 2.05. The highest BCUT2D eigenvalue weighted by atomic mass is 19.1. The summed E-state index contributed by atoms with van der Waals surface area (Å²) in [5.74, 6) is -0.173. The van der Waals surface area contributed by atoms with Crippen molar-refractivity contribution in [2.24, 2.45) is 0 Å². The molecular formula is C14H11FN4O. The summed E-state index contributed by atoms with van der Waals surface area (Å²) in [7, 11) is 0. The van der Waals surface area contributed by atoms with Crippen molar-refractivity contribution in [1.29, 1.82) is 0 Å². The fourth-order valence-corrected chi connectivity index (χ4v) is 1.90. The molecule has 0 spiro atoms. The molecule has 1 aromatic carbocycles. The van der Waals surface area contributed by atoms with Gasteiger partial charge in [0.1, 0.15) is 5.82 Å². The van der Waals surface area contributed by atoms with Gasteiger partial charge in [0.2, 0.25) is 0 Å². The van der Waals surface area contributed by atoms with Gasteiger partial charge in [0.05, 0.1) is 6.54 Å². The van der Waals surface area contributed by atoms with E-state index in [1.165, 1.54) is 18.2 Å². The van der Waals surface area contributed by atoms with Crippen LogP contribution < -0.4 is 5.32 Å². The minimum atomic E-state index is -0.439. The summed E-state index contributed by atoms with van der Waals surface area (Å²) in [4.78, 5) is 11.9. The molecule has 0 unspecified atom stereocenters. The molecule has 0 bridgehead atoms. The average Bonchev–Trinajstić information content (AvgIpc) is 2.88. The lowest BCUT2D eigenvalue weighted by Gasteiger charge is -2.04. The molecule has 0 aliphatic carbocycles. The smallest absolute Gasteiger partial charge is 0.251 e. The second-order valence-corrected chi connectivity index (χ2v) is 4.24. The number of carbonyl (C=O) groups excluding carboxylic acids is 1. The van der Waals surface area contributed by atoms with E-state index in [-0.39, 0.29) is 18.0 Å². The first-order chi connectivity index (χ1) is 9.74. The number of hydrogen-bond donors (Lipinski definition) is 1. The molecule has 1 amide bonds. The molecule has 1 N–H and O–H groups in total.